The Labute approximate surface area is 221 Å². The highest BCUT2D eigenvalue weighted by Gasteiger charge is 2.57. The SMILES string of the molecule is O=C(NC(c1cccc(C(F)F)c1F)C(F)F)c1cn(C2(C(F)F)CC2)c(=O)cc1NC1[C@H]2CN(C(=O)O)C[C@@H]12. The van der Waals surface area contributed by atoms with Gasteiger partial charge in [0, 0.05) is 48.8 Å². The number of hydrogen-bond donors (Lipinski definition) is 3. The lowest BCUT2D eigenvalue weighted by atomic mass is 10.0. The zero-order valence-corrected chi connectivity index (χ0v) is 20.5. The van der Waals surface area contributed by atoms with Gasteiger partial charge in [0.1, 0.15) is 17.4 Å². The lowest BCUT2D eigenvalue weighted by Gasteiger charge is -2.24. The van der Waals surface area contributed by atoms with Crippen LogP contribution in [0.4, 0.5) is 41.2 Å². The third-order valence-electron chi connectivity index (χ3n) is 7.90. The number of amides is 2. The number of nitrogens with zero attached hydrogens (tertiary/aromatic N) is 2. The minimum atomic E-state index is -3.45. The second kappa shape index (κ2) is 10.0. The number of anilines is 1. The van der Waals surface area contributed by atoms with E-state index in [0.29, 0.717) is 10.6 Å². The van der Waals surface area contributed by atoms with Crippen molar-refractivity contribution in [3.8, 4) is 0 Å². The molecule has 1 aromatic carbocycles. The Morgan fingerprint density at radius 2 is 1.65 bits per heavy atom. The number of carboxylic acid groups (broad SMARTS) is 1. The van der Waals surface area contributed by atoms with Gasteiger partial charge in [0.25, 0.3) is 30.7 Å². The van der Waals surface area contributed by atoms with E-state index >= 15 is 0 Å². The van der Waals surface area contributed by atoms with E-state index in [9.17, 15) is 45.1 Å². The fraction of sp³-hybridized carbons (Fsp3) is 0.480. The van der Waals surface area contributed by atoms with E-state index in [2.05, 4.69) is 5.32 Å². The van der Waals surface area contributed by atoms with Gasteiger partial charge in [-0.15, -0.1) is 0 Å². The van der Waals surface area contributed by atoms with Gasteiger partial charge in [-0.25, -0.2) is 35.5 Å². The molecule has 40 heavy (non-hydrogen) atoms. The predicted octanol–water partition coefficient (Wildman–Crippen LogP) is 4.44. The zero-order chi connectivity index (χ0) is 29.1. The smallest absolute Gasteiger partial charge is 0.407 e. The molecule has 1 saturated heterocycles. The van der Waals surface area contributed by atoms with E-state index in [1.807, 2.05) is 5.32 Å². The molecule has 1 aliphatic heterocycles. The number of fused-ring (bicyclic) bond motifs is 1. The van der Waals surface area contributed by atoms with E-state index in [1.54, 1.807) is 0 Å². The first kappa shape index (κ1) is 27.8. The molecule has 3 N–H and O–H groups in total. The summed E-state index contributed by atoms with van der Waals surface area (Å²) in [5.41, 5.74) is -5.43. The lowest BCUT2D eigenvalue weighted by Crippen LogP contribution is -2.39. The van der Waals surface area contributed by atoms with E-state index in [4.69, 9.17) is 5.11 Å². The average Bonchev–Trinajstić information content (AvgIpc) is 3.76. The maximum atomic E-state index is 14.7. The number of carbonyl (C=O) groups excluding carboxylic acids is 1. The summed E-state index contributed by atoms with van der Waals surface area (Å²) in [4.78, 5) is 38.5. The summed E-state index contributed by atoms with van der Waals surface area (Å²) >= 11 is 0. The number of hydrogen-bond acceptors (Lipinski definition) is 4. The molecule has 0 bridgehead atoms. The topological polar surface area (TPSA) is 104 Å². The molecule has 15 heteroatoms. The van der Waals surface area contributed by atoms with Crippen LogP contribution in [0.3, 0.4) is 0 Å². The Hall–Kier alpha value is -3.78. The molecule has 3 fully saturated rings. The number of aromatic nitrogens is 1. The molecule has 2 saturated carbocycles. The van der Waals surface area contributed by atoms with Crippen LogP contribution in [-0.2, 0) is 5.54 Å². The molecular formula is C25H23F7N4O4. The van der Waals surface area contributed by atoms with Gasteiger partial charge in [-0.2, -0.15) is 0 Å². The molecule has 5 rings (SSSR count). The molecule has 4 atom stereocenters. The van der Waals surface area contributed by atoms with Crippen molar-refractivity contribution in [3.63, 3.8) is 0 Å². The van der Waals surface area contributed by atoms with Crippen LogP contribution in [0.25, 0.3) is 0 Å². The number of carbonyl (C=O) groups is 2. The Balaban J connectivity index is 1.48. The number of piperidine rings is 1. The van der Waals surface area contributed by atoms with Crippen LogP contribution in [0, 0.1) is 17.7 Å². The standard InChI is InChI=1S/C25H23F7N4O4/c26-17-10(2-1-3-11(17)20(27)28)19(21(29)30)34-22(38)14-9-36(25(4-5-25)23(31)32)16(37)6-15(14)33-18-12-7-35(24(39)40)8-13(12)18/h1-3,6,9,12-13,18-21,23,33H,4-5,7-8H2,(H,34,38)(H,39,40)/t12-,13+,18?,19?. The summed E-state index contributed by atoms with van der Waals surface area (Å²) in [7, 11) is 0. The molecule has 216 valence electrons. The van der Waals surface area contributed by atoms with Crippen LogP contribution in [-0.4, -0.2) is 58.6 Å². The van der Waals surface area contributed by atoms with E-state index in [1.165, 1.54) is 4.90 Å². The van der Waals surface area contributed by atoms with Gasteiger partial charge >= 0.3 is 6.09 Å². The van der Waals surface area contributed by atoms with Crippen LogP contribution in [0.5, 0.6) is 0 Å². The van der Waals surface area contributed by atoms with Gasteiger partial charge in [0.05, 0.1) is 16.8 Å². The van der Waals surface area contributed by atoms with Crippen LogP contribution >= 0.6 is 0 Å². The number of benzene rings is 1. The first-order chi connectivity index (χ1) is 18.9. The largest absolute Gasteiger partial charge is 0.465 e. The van der Waals surface area contributed by atoms with Crippen molar-refractivity contribution in [2.45, 2.75) is 49.7 Å². The fourth-order valence-corrected chi connectivity index (χ4v) is 5.42. The summed E-state index contributed by atoms with van der Waals surface area (Å²) in [5.74, 6) is -3.24. The summed E-state index contributed by atoms with van der Waals surface area (Å²) in [6.07, 6.45) is -10.2. The minimum absolute atomic E-state index is 0.0680. The zero-order valence-electron chi connectivity index (χ0n) is 20.5. The second-order valence-electron chi connectivity index (χ2n) is 10.2. The molecule has 2 heterocycles. The summed E-state index contributed by atoms with van der Waals surface area (Å²) in [6, 6.07) is 0.579. The fourth-order valence-electron chi connectivity index (χ4n) is 5.42. The van der Waals surface area contributed by atoms with Gasteiger partial charge in [-0.3, -0.25) is 9.59 Å². The summed E-state index contributed by atoms with van der Waals surface area (Å²) in [5, 5.41) is 14.0. The van der Waals surface area contributed by atoms with Gasteiger partial charge in [-0.1, -0.05) is 18.2 Å². The van der Waals surface area contributed by atoms with E-state index < -0.39 is 70.9 Å². The number of likely N-dealkylation sites (tertiary alicyclic amines) is 1. The van der Waals surface area contributed by atoms with Crippen LogP contribution in [0.2, 0.25) is 0 Å². The second-order valence-corrected chi connectivity index (χ2v) is 10.2. The minimum Gasteiger partial charge on any atom is -0.465 e. The normalized spacial score (nSPS) is 23.4. The molecule has 0 radical (unpaired) electrons. The van der Waals surface area contributed by atoms with Crippen molar-refractivity contribution in [3.05, 3.63) is 63.3 Å². The third-order valence-corrected chi connectivity index (χ3v) is 7.90. The molecular weight excluding hydrogens is 553 g/mol. The summed E-state index contributed by atoms with van der Waals surface area (Å²) < 4.78 is 97.3. The molecule has 1 aromatic heterocycles. The number of pyridine rings is 1. The van der Waals surface area contributed by atoms with Crippen LogP contribution in [0.1, 0.15) is 46.8 Å². The Kier molecular flexibility index (Phi) is 6.94. The van der Waals surface area contributed by atoms with Gasteiger partial charge in [0.15, 0.2) is 0 Å². The Morgan fingerprint density at radius 1 is 1.02 bits per heavy atom. The Bertz CT molecular complexity index is 1390. The van der Waals surface area contributed by atoms with Crippen molar-refractivity contribution < 1.29 is 45.4 Å². The molecule has 0 spiro atoms. The van der Waals surface area contributed by atoms with Crippen molar-refractivity contribution in [1.82, 2.24) is 14.8 Å². The van der Waals surface area contributed by atoms with Gasteiger partial charge < -0.3 is 25.2 Å². The molecule has 2 aromatic rings. The van der Waals surface area contributed by atoms with Crippen LogP contribution in [0.15, 0.2) is 35.3 Å². The van der Waals surface area contributed by atoms with Crippen molar-refractivity contribution in [2.24, 2.45) is 11.8 Å². The molecule has 2 aliphatic carbocycles. The highest BCUT2D eigenvalue weighted by Crippen LogP contribution is 2.49. The van der Waals surface area contributed by atoms with Crippen molar-refractivity contribution >= 4 is 17.7 Å². The van der Waals surface area contributed by atoms with Gasteiger partial charge in [-0.05, 0) is 12.8 Å². The molecule has 8 nitrogen and oxygen atoms in total. The molecule has 2 amide bonds. The molecule has 2 unspecified atom stereocenters. The van der Waals surface area contributed by atoms with E-state index in [-0.39, 0.29) is 49.5 Å². The summed E-state index contributed by atoms with van der Waals surface area (Å²) in [6.45, 7) is 0.357. The number of halogens is 7. The monoisotopic (exact) mass is 576 g/mol. The lowest BCUT2D eigenvalue weighted by molar-refractivity contribution is 0.0643. The first-order valence-corrected chi connectivity index (χ1v) is 12.3. The highest BCUT2D eigenvalue weighted by atomic mass is 19.3. The van der Waals surface area contributed by atoms with E-state index in [0.717, 1.165) is 24.4 Å². The maximum Gasteiger partial charge on any atom is 0.407 e. The van der Waals surface area contributed by atoms with Crippen molar-refractivity contribution in [1.29, 1.82) is 0 Å². The number of alkyl halides is 6. The highest BCUT2D eigenvalue weighted by molar-refractivity contribution is 5.99. The number of nitrogens with one attached hydrogen (secondary N) is 2. The van der Waals surface area contributed by atoms with Crippen molar-refractivity contribution in [2.75, 3.05) is 18.4 Å². The Morgan fingerprint density at radius 3 is 2.17 bits per heavy atom. The maximum absolute atomic E-state index is 14.7. The predicted molar refractivity (Wildman–Crippen MR) is 125 cm³/mol. The van der Waals surface area contributed by atoms with Gasteiger partial charge in [0.2, 0.25) is 0 Å². The third kappa shape index (κ3) is 4.74. The van der Waals surface area contributed by atoms with Crippen LogP contribution < -0.4 is 16.2 Å². The molecule has 3 aliphatic rings. The number of rotatable bonds is 9. The quantitative estimate of drug-likeness (QED) is 0.384. The average molecular weight is 576 g/mol. The first-order valence-electron chi connectivity index (χ1n) is 12.3.